The van der Waals surface area contributed by atoms with Crippen LogP contribution in [0, 0.1) is 6.92 Å². The third-order valence-electron chi connectivity index (χ3n) is 24.9. The van der Waals surface area contributed by atoms with Crippen molar-refractivity contribution in [2.45, 2.75) is 163 Å². The highest BCUT2D eigenvalue weighted by Gasteiger charge is 2.37. The number of aryl methyl sites for hydroxylation is 1. The van der Waals surface area contributed by atoms with E-state index in [2.05, 4.69) is 217 Å². The topological polar surface area (TPSA) is 288 Å². The molecular weight excluding hydrogens is 1860 g/mol. The predicted molar refractivity (Wildman–Crippen MR) is 534 cm³/mol. The van der Waals surface area contributed by atoms with Gasteiger partial charge in [-0.05, 0) is 174 Å². The number of anilines is 4. The summed E-state index contributed by atoms with van der Waals surface area (Å²) in [5, 5.41) is 20.8. The molecule has 0 radical (unpaired) electrons. The van der Waals surface area contributed by atoms with Crippen molar-refractivity contribution >= 4 is 196 Å². The smallest absolute Gasteiger partial charge is 0.410 e. The lowest BCUT2D eigenvalue weighted by Gasteiger charge is -2.44. The van der Waals surface area contributed by atoms with Crippen molar-refractivity contribution in [2.24, 2.45) is 0 Å². The molecule has 0 unspecified atom stereocenters. The molecule has 3 N–H and O–H groups in total. The molecule has 18 heterocycles. The molecule has 2 aromatic carbocycles. The molecule has 0 saturated carbocycles. The van der Waals surface area contributed by atoms with Crippen molar-refractivity contribution in [1.82, 2.24) is 99.9 Å². The molecule has 8 atom stereocenters. The number of carbonyl (C=O) groups excluding carboxylic acids is 2. The number of amides is 1. The fourth-order valence-electron chi connectivity index (χ4n) is 18.7. The van der Waals surface area contributed by atoms with Crippen LogP contribution in [0.15, 0.2) is 73.1 Å². The van der Waals surface area contributed by atoms with Crippen molar-refractivity contribution in [3.8, 4) is 11.4 Å². The monoisotopic (exact) mass is 1980 g/mol. The maximum absolute atomic E-state index is 12.6. The second-order valence-corrected chi connectivity index (χ2v) is 41.5. The molecule has 8 fully saturated rings. The number of nitrogens with zero attached hydrogens (tertiary/aromatic N) is 21. The van der Waals surface area contributed by atoms with Crippen LogP contribution in [-0.4, -0.2) is 333 Å². The van der Waals surface area contributed by atoms with Crippen LogP contribution < -0.4 is 24.9 Å². The number of ether oxygens (including phenoxy) is 5. The van der Waals surface area contributed by atoms with E-state index in [4.69, 9.17) is 73.2 Å². The Morgan fingerprint density at radius 1 is 0.446 bits per heavy atom. The number of benzene rings is 2. The highest BCUT2D eigenvalue weighted by molar-refractivity contribution is 8.93. The Bertz CT molecular complexity index is 5690. The molecule has 0 aliphatic carbocycles. The van der Waals surface area contributed by atoms with Crippen LogP contribution in [0.4, 0.5) is 28.1 Å². The van der Waals surface area contributed by atoms with Crippen LogP contribution in [0.1, 0.15) is 101 Å². The average molecular weight is 1980 g/mol. The number of aromatic amines is 2. The quantitative estimate of drug-likeness (QED) is 0.0904. The molecule has 1 amide bonds. The minimum Gasteiger partial charge on any atom is -0.444 e. The fraction of sp³-hybridized carbons (Fsp3) is 0.560. The van der Waals surface area contributed by atoms with Gasteiger partial charge in [0.25, 0.3) is 0 Å². The predicted octanol–water partition coefficient (Wildman–Crippen LogP) is 14.9. The number of halogens is 4. The third kappa shape index (κ3) is 24.1. The highest BCUT2D eigenvalue weighted by atomic mass is 79.9. The third-order valence-corrected chi connectivity index (χ3v) is 29.8. The molecule has 10 aromatic heterocycles. The molecule has 0 bridgehead atoms. The molecule has 39 heteroatoms. The summed E-state index contributed by atoms with van der Waals surface area (Å²) >= 11 is 25.8. The van der Waals surface area contributed by atoms with Gasteiger partial charge in [0.1, 0.15) is 12.4 Å². The van der Waals surface area contributed by atoms with E-state index in [1.807, 2.05) is 80.5 Å². The summed E-state index contributed by atoms with van der Waals surface area (Å²) in [7, 11) is 4.42. The number of morpholine rings is 4. The van der Waals surface area contributed by atoms with Gasteiger partial charge in [-0.2, -0.15) is 25.1 Å². The summed E-state index contributed by atoms with van der Waals surface area (Å²) in [5.41, 5.74) is 7.73. The highest BCUT2D eigenvalue weighted by Crippen LogP contribution is 2.42. The first kappa shape index (κ1) is 98.6. The number of carbonyl (C=O) groups is 2. The van der Waals surface area contributed by atoms with E-state index in [0.29, 0.717) is 73.1 Å². The maximum Gasteiger partial charge on any atom is 0.410 e. The second kappa shape index (κ2) is 44.8. The molecule has 0 spiro atoms. The maximum atomic E-state index is 12.6. The minimum absolute atomic E-state index is 0. The van der Waals surface area contributed by atoms with Gasteiger partial charge in [-0.3, -0.25) is 29.8 Å². The summed E-state index contributed by atoms with van der Waals surface area (Å²) in [6.07, 6.45) is 3.48. The van der Waals surface area contributed by atoms with Gasteiger partial charge in [0, 0.05) is 215 Å². The van der Waals surface area contributed by atoms with Gasteiger partial charge in [0.15, 0.2) is 29.1 Å². The number of aromatic nitrogens is 12. The summed E-state index contributed by atoms with van der Waals surface area (Å²) in [5.74, 6) is 4.59. The number of hydrogen-bond acceptors (Lipinski definition) is 32. The SMILES string of the molecule is Br.C=O.C[C@@H]1CN(C(=O)OC(C)(C)C)C[C@H](C)N1Cc1cc2nc(Cl)nc(N3CCOCC3)c2s1.C[C@@H]1CN(C)C[C@H](C)N1Cc1cc2nc(-c3cccc4[nH]ncc34)nc(N3CCOCC3)c2s1.C[C@@H]1CN(C)C[C@H](C)N1Cc1cc2nc(Cl)nc(N3CCOCC3)c2s1.C[C@@H]1CNC[C@H](C)N1Cc1cc2nc(Cl)nc(N3CCOCC3)c2s1.Cc1cccc2[nH]ncc12. The van der Waals surface area contributed by atoms with E-state index in [1.165, 1.54) is 35.2 Å². The first-order valence-electron chi connectivity index (χ1n) is 44.9. The summed E-state index contributed by atoms with van der Waals surface area (Å²) in [4.78, 5) is 89.0. The first-order valence-corrected chi connectivity index (χ1v) is 49.3. The second-order valence-electron chi connectivity index (χ2n) is 35.9. The van der Waals surface area contributed by atoms with Crippen molar-refractivity contribution in [3.05, 3.63) is 114 Å². The number of nitrogens with one attached hydrogen (secondary N) is 3. The van der Waals surface area contributed by atoms with E-state index < -0.39 is 5.60 Å². The molecule has 8 aliphatic rings. The molecule has 130 heavy (non-hydrogen) atoms. The zero-order valence-corrected chi connectivity index (χ0v) is 84.2. The van der Waals surface area contributed by atoms with Gasteiger partial charge in [0.2, 0.25) is 15.9 Å². The first-order chi connectivity index (χ1) is 62.2. The Morgan fingerprint density at radius 3 is 1.12 bits per heavy atom. The van der Waals surface area contributed by atoms with Crippen LogP contribution in [0.5, 0.6) is 0 Å². The largest absolute Gasteiger partial charge is 0.444 e. The minimum atomic E-state index is -0.488. The van der Waals surface area contributed by atoms with Gasteiger partial charge in [-0.1, -0.05) is 24.3 Å². The van der Waals surface area contributed by atoms with Crippen LogP contribution >= 0.6 is 97.1 Å². The van der Waals surface area contributed by atoms with Crippen molar-refractivity contribution in [1.29, 1.82) is 0 Å². The number of rotatable bonds is 13. The Kier molecular flexibility index (Phi) is 34.0. The molecular formula is C91H124BrCl3N24O7S4. The van der Waals surface area contributed by atoms with Gasteiger partial charge >= 0.3 is 6.09 Å². The van der Waals surface area contributed by atoms with E-state index in [0.717, 1.165) is 245 Å². The van der Waals surface area contributed by atoms with E-state index in [9.17, 15) is 4.79 Å². The Balaban J connectivity index is 0.000000134. The Hall–Kier alpha value is -7.41. The normalized spacial score (nSPS) is 22.6. The van der Waals surface area contributed by atoms with Crippen molar-refractivity contribution < 1.29 is 33.3 Å². The van der Waals surface area contributed by atoms with Crippen molar-refractivity contribution in [2.75, 3.05) is 191 Å². The summed E-state index contributed by atoms with van der Waals surface area (Å²) < 4.78 is 32.2. The molecule has 12 aromatic rings. The van der Waals surface area contributed by atoms with E-state index in [1.54, 1.807) is 34.0 Å². The fourth-order valence-corrected chi connectivity index (χ4v) is 23.7. The standard InChI is InChI=1S/C25H31N7OS.C22H32ClN5O3S.C18H26ClN5OS.C17H24ClN5OS.C8H8N2.CH2O.BrH/c1-16-13-30(3)14-17(2)32(16)15-18-11-22-23(34-18)25(31-7-9-33-10-8-31)28-24(27-22)19-5-4-6-21-20(19)12-26-29-21;1-14-11-27(21(29)31-22(3,4)5)12-15(2)28(14)13-16-10-17-18(32-16)19(25-20(23)24-17)26-6-8-30-9-7-26;1-12-9-22(3)10-13(2)24(12)11-14-8-15-16(26-14)17(21-18(19)20-15)23-4-6-25-7-5-23;1-11-8-19-9-12(2)23(11)10-13-7-14-15(25-13)16(21-17(18)20-14)22-3-5-24-6-4-22;1-6-3-2-4-8-7(6)5-9-10-8;1-2;/h4-6,11-12,16-17H,7-10,13-15H2,1-3H3,(H,26,29);10,14-15H,6-9,11-13H2,1-5H3;8,12-13H,4-7,9-11H2,1-3H3;7,11-12,19H,3-6,8-10H2,1-2H3;2-5H,1H3,(H,9,10);1H2;1H/t16-,17+;14-,15+;12-,13+;11-,12+;;;. The number of likely N-dealkylation sites (N-methyl/N-ethyl adjacent to an activating group) is 2. The molecule has 8 saturated heterocycles. The molecule has 31 nitrogen and oxygen atoms in total. The Morgan fingerprint density at radius 2 is 0.762 bits per heavy atom. The number of fused-ring (bicyclic) bond motifs is 6. The van der Waals surface area contributed by atoms with E-state index in [-0.39, 0.29) is 40.4 Å². The van der Waals surface area contributed by atoms with Gasteiger partial charge < -0.3 is 68.1 Å². The molecule has 20 rings (SSSR count). The van der Waals surface area contributed by atoms with Crippen LogP contribution in [-0.2, 0) is 54.7 Å². The van der Waals surface area contributed by atoms with Crippen LogP contribution in [0.2, 0.25) is 15.9 Å². The summed E-state index contributed by atoms with van der Waals surface area (Å²) in [6.45, 7) is 51.9. The molecule has 8 aliphatic heterocycles. The number of H-pyrrole nitrogens is 2. The Labute approximate surface area is 802 Å². The lowest BCUT2D eigenvalue weighted by molar-refractivity contribution is -0.0980. The lowest BCUT2D eigenvalue weighted by atomic mass is 10.1. The van der Waals surface area contributed by atoms with Crippen LogP contribution in [0.25, 0.3) is 74.1 Å². The molecule has 702 valence electrons. The number of thiophene rings is 4. The lowest BCUT2D eigenvalue weighted by Crippen LogP contribution is -2.58. The van der Waals surface area contributed by atoms with Gasteiger partial charge in [0.05, 0.1) is 117 Å². The number of hydrogen-bond donors (Lipinski definition) is 3. The number of piperazine rings is 4. The van der Waals surface area contributed by atoms with Gasteiger partial charge in [-0.15, -0.1) is 62.3 Å². The average Bonchev–Trinajstić information content (AvgIpc) is 1.56. The zero-order valence-electron chi connectivity index (χ0n) is 77.0. The van der Waals surface area contributed by atoms with E-state index >= 15 is 0 Å². The van der Waals surface area contributed by atoms with Gasteiger partial charge in [-0.25, -0.2) is 29.7 Å². The van der Waals surface area contributed by atoms with Crippen molar-refractivity contribution in [3.63, 3.8) is 0 Å². The zero-order chi connectivity index (χ0) is 90.9. The van der Waals surface area contributed by atoms with Crippen LogP contribution in [0.3, 0.4) is 0 Å². The summed E-state index contributed by atoms with van der Waals surface area (Å²) in [6, 6.07) is 24.7.